The number of ether oxygens (including phenoxy) is 2. The van der Waals surface area contributed by atoms with E-state index in [4.69, 9.17) is 9.47 Å². The number of rotatable bonds is 7. The van der Waals surface area contributed by atoms with Crippen molar-refractivity contribution >= 4 is 7.26 Å². The van der Waals surface area contributed by atoms with Gasteiger partial charge in [-0.3, -0.25) is 0 Å². The van der Waals surface area contributed by atoms with Gasteiger partial charge in [0.1, 0.15) is 0 Å². The Kier molecular flexibility index (Phi) is 6.93. The molecule has 0 bridgehead atoms. The molecule has 0 aliphatic heterocycles. The van der Waals surface area contributed by atoms with E-state index in [0.29, 0.717) is 5.85 Å². The SMILES string of the molecule is CC[PH](CC)(CC)C(C)OC(C)OC. The fourth-order valence-corrected chi connectivity index (χ4v) is 5.80. The average molecular weight is 222 g/mol. The predicted octanol–water partition coefficient (Wildman–Crippen LogP) is 3.15. The van der Waals surface area contributed by atoms with Crippen molar-refractivity contribution in [1.82, 2.24) is 0 Å². The van der Waals surface area contributed by atoms with Crippen molar-refractivity contribution in [1.29, 1.82) is 0 Å². The van der Waals surface area contributed by atoms with E-state index in [2.05, 4.69) is 27.7 Å². The van der Waals surface area contributed by atoms with Crippen LogP contribution in [0.4, 0.5) is 0 Å². The van der Waals surface area contributed by atoms with Gasteiger partial charge in [0.25, 0.3) is 0 Å². The van der Waals surface area contributed by atoms with E-state index >= 15 is 0 Å². The van der Waals surface area contributed by atoms with Crippen molar-refractivity contribution in [2.75, 3.05) is 25.6 Å². The summed E-state index contributed by atoms with van der Waals surface area (Å²) >= 11 is 0. The molecule has 0 amide bonds. The quantitative estimate of drug-likeness (QED) is 0.486. The third-order valence-electron chi connectivity index (χ3n) is 3.70. The van der Waals surface area contributed by atoms with Crippen molar-refractivity contribution in [2.24, 2.45) is 0 Å². The van der Waals surface area contributed by atoms with Gasteiger partial charge in [0.05, 0.1) is 0 Å². The first-order valence-corrected chi connectivity index (χ1v) is 8.44. The van der Waals surface area contributed by atoms with Crippen LogP contribution in [0, 0.1) is 0 Å². The zero-order chi connectivity index (χ0) is 11.2. The van der Waals surface area contributed by atoms with E-state index in [1.165, 1.54) is 18.5 Å². The first kappa shape index (κ1) is 14.3. The van der Waals surface area contributed by atoms with Crippen LogP contribution in [0.5, 0.6) is 0 Å². The van der Waals surface area contributed by atoms with Gasteiger partial charge >= 0.3 is 89.1 Å². The maximum atomic E-state index is 5.88. The first-order valence-electron chi connectivity index (χ1n) is 5.74. The minimum atomic E-state index is -1.20. The van der Waals surface area contributed by atoms with Gasteiger partial charge in [0, 0.05) is 0 Å². The summed E-state index contributed by atoms with van der Waals surface area (Å²) in [6.45, 7) is 11.1. The molecule has 0 heterocycles. The van der Waals surface area contributed by atoms with Crippen molar-refractivity contribution in [2.45, 2.75) is 46.8 Å². The van der Waals surface area contributed by atoms with Gasteiger partial charge in [0.15, 0.2) is 0 Å². The van der Waals surface area contributed by atoms with Gasteiger partial charge in [-0.15, -0.1) is 0 Å². The molecule has 2 unspecified atom stereocenters. The second-order valence-electron chi connectivity index (χ2n) is 4.00. The molecule has 0 N–H and O–H groups in total. The summed E-state index contributed by atoms with van der Waals surface area (Å²) in [6, 6.07) is 0. The Morgan fingerprint density at radius 3 is 1.71 bits per heavy atom. The summed E-state index contributed by atoms with van der Waals surface area (Å²) in [5, 5.41) is 0. The molecule has 0 aromatic rings. The van der Waals surface area contributed by atoms with E-state index in [1.807, 2.05) is 6.92 Å². The van der Waals surface area contributed by atoms with E-state index in [1.54, 1.807) is 7.11 Å². The fraction of sp³-hybridized carbons (Fsp3) is 1.00. The van der Waals surface area contributed by atoms with Crippen LogP contribution in [-0.4, -0.2) is 37.7 Å². The number of hydrogen-bond donors (Lipinski definition) is 0. The van der Waals surface area contributed by atoms with E-state index < -0.39 is 7.26 Å². The molecule has 0 rings (SSSR count). The number of methoxy groups -OCH3 is 1. The molecule has 0 aromatic heterocycles. The van der Waals surface area contributed by atoms with Crippen LogP contribution in [0.2, 0.25) is 0 Å². The molecule has 0 aliphatic carbocycles. The Bertz CT molecular complexity index is 138. The van der Waals surface area contributed by atoms with Crippen molar-refractivity contribution in [3.63, 3.8) is 0 Å². The van der Waals surface area contributed by atoms with Crippen LogP contribution in [0.1, 0.15) is 34.6 Å². The fourth-order valence-electron chi connectivity index (χ4n) is 2.10. The van der Waals surface area contributed by atoms with Crippen molar-refractivity contribution < 1.29 is 9.47 Å². The molecule has 0 saturated carbocycles. The second kappa shape index (κ2) is 6.76. The van der Waals surface area contributed by atoms with E-state index in [9.17, 15) is 0 Å². The van der Waals surface area contributed by atoms with Gasteiger partial charge in [-0.2, -0.15) is 0 Å². The molecule has 2 nitrogen and oxygen atoms in total. The average Bonchev–Trinajstić information content (AvgIpc) is 2.21. The van der Waals surface area contributed by atoms with E-state index in [0.717, 1.165) is 0 Å². The molecule has 0 saturated heterocycles. The Morgan fingerprint density at radius 2 is 1.43 bits per heavy atom. The molecule has 3 heteroatoms. The predicted molar refractivity (Wildman–Crippen MR) is 67.0 cm³/mol. The molecule has 0 aliphatic rings. The van der Waals surface area contributed by atoms with Gasteiger partial charge in [0.2, 0.25) is 0 Å². The summed E-state index contributed by atoms with van der Waals surface area (Å²) in [6.07, 6.45) is 3.84. The molecule has 14 heavy (non-hydrogen) atoms. The van der Waals surface area contributed by atoms with Crippen molar-refractivity contribution in [3.8, 4) is 0 Å². The molecule has 0 radical (unpaired) electrons. The van der Waals surface area contributed by atoms with Crippen LogP contribution in [0.15, 0.2) is 0 Å². The molecular weight excluding hydrogens is 195 g/mol. The normalized spacial score (nSPS) is 17.9. The number of hydrogen-bond acceptors (Lipinski definition) is 2. The van der Waals surface area contributed by atoms with Crippen LogP contribution in [0.25, 0.3) is 0 Å². The molecule has 88 valence electrons. The van der Waals surface area contributed by atoms with Gasteiger partial charge in [-0.1, -0.05) is 0 Å². The summed E-state index contributed by atoms with van der Waals surface area (Å²) in [5.41, 5.74) is 0. The van der Waals surface area contributed by atoms with Crippen LogP contribution >= 0.6 is 7.26 Å². The standard InChI is InChI=1S/C11H27O2P/c1-7-14(8-2,9-3)11(5)13-10(4)12-6/h10-11,14H,7-9H2,1-6H3. The Morgan fingerprint density at radius 1 is 1.00 bits per heavy atom. The Labute approximate surface area is 89.7 Å². The Balaban J connectivity index is 4.35. The summed E-state index contributed by atoms with van der Waals surface area (Å²) in [7, 11) is 0.497. The summed E-state index contributed by atoms with van der Waals surface area (Å²) < 4.78 is 11.0. The zero-order valence-corrected chi connectivity index (χ0v) is 11.6. The van der Waals surface area contributed by atoms with Gasteiger partial charge in [-0.25, -0.2) is 0 Å². The maximum absolute atomic E-state index is 5.88. The molecule has 0 aromatic carbocycles. The van der Waals surface area contributed by atoms with Crippen LogP contribution < -0.4 is 0 Å². The van der Waals surface area contributed by atoms with Crippen LogP contribution in [0.3, 0.4) is 0 Å². The summed E-state index contributed by atoms with van der Waals surface area (Å²) in [4.78, 5) is 0. The third kappa shape index (κ3) is 3.49. The van der Waals surface area contributed by atoms with Crippen molar-refractivity contribution in [3.05, 3.63) is 0 Å². The monoisotopic (exact) mass is 222 g/mol. The van der Waals surface area contributed by atoms with Crippen LogP contribution in [-0.2, 0) is 9.47 Å². The molecule has 2 atom stereocenters. The Hall–Kier alpha value is 0.350. The third-order valence-corrected chi connectivity index (χ3v) is 9.79. The van der Waals surface area contributed by atoms with Gasteiger partial charge < -0.3 is 0 Å². The molecular formula is C11H27O2P. The topological polar surface area (TPSA) is 18.5 Å². The zero-order valence-electron chi connectivity index (χ0n) is 10.6. The van der Waals surface area contributed by atoms with Gasteiger partial charge in [-0.05, 0) is 0 Å². The molecule has 0 fully saturated rings. The summed E-state index contributed by atoms with van der Waals surface area (Å²) in [5.74, 6) is 0.400. The minimum absolute atomic E-state index is 0.0680. The second-order valence-corrected chi connectivity index (χ2v) is 9.66. The van der Waals surface area contributed by atoms with E-state index in [-0.39, 0.29) is 6.29 Å². The molecule has 0 spiro atoms. The first-order chi connectivity index (χ1) is 6.56.